The maximum atomic E-state index is 12.0. The van der Waals surface area contributed by atoms with Gasteiger partial charge in [-0.15, -0.1) is 0 Å². The van der Waals surface area contributed by atoms with E-state index in [0.29, 0.717) is 6.54 Å². The van der Waals surface area contributed by atoms with E-state index in [1.807, 2.05) is 42.5 Å². The van der Waals surface area contributed by atoms with Crippen LogP contribution >= 0.6 is 0 Å². The first-order valence-electron chi connectivity index (χ1n) is 11.2. The van der Waals surface area contributed by atoms with E-state index in [9.17, 15) is 4.79 Å². The number of fused-ring (bicyclic) bond motifs is 1. The molecular formula is C26H33N3O. The fraction of sp³-hybridized carbons (Fsp3) is 0.385. The zero-order valence-corrected chi connectivity index (χ0v) is 18.0. The van der Waals surface area contributed by atoms with Crippen molar-refractivity contribution in [1.29, 1.82) is 0 Å². The number of unbranched alkanes of at least 4 members (excludes halogenated alkanes) is 4. The highest BCUT2D eigenvalue weighted by atomic mass is 16.1. The van der Waals surface area contributed by atoms with Gasteiger partial charge in [-0.05, 0) is 36.6 Å². The molecule has 0 atom stereocenters. The smallest absolute Gasteiger partial charge is 0.243 e. The minimum absolute atomic E-state index is 0.0525. The second-order valence-electron chi connectivity index (χ2n) is 7.72. The molecule has 0 saturated heterocycles. The van der Waals surface area contributed by atoms with Gasteiger partial charge in [0.1, 0.15) is 5.82 Å². The first-order valence-corrected chi connectivity index (χ1v) is 11.2. The zero-order valence-electron chi connectivity index (χ0n) is 18.0. The molecule has 3 rings (SSSR count). The number of carbonyl (C=O) groups is 1. The van der Waals surface area contributed by atoms with Crippen LogP contribution in [0.1, 0.15) is 56.8 Å². The maximum absolute atomic E-state index is 12.0. The summed E-state index contributed by atoms with van der Waals surface area (Å²) in [5.74, 6) is 1.07. The number of carbonyl (C=O) groups excluding carboxylic acids is 1. The number of hydrogen-bond donors (Lipinski definition) is 1. The summed E-state index contributed by atoms with van der Waals surface area (Å²) in [6.45, 7) is 3.92. The van der Waals surface area contributed by atoms with Gasteiger partial charge in [-0.1, -0.05) is 75.1 Å². The van der Waals surface area contributed by atoms with Gasteiger partial charge in [-0.25, -0.2) is 4.98 Å². The first kappa shape index (κ1) is 21.8. The van der Waals surface area contributed by atoms with Crippen molar-refractivity contribution in [3.05, 3.63) is 72.1 Å². The second-order valence-corrected chi connectivity index (χ2v) is 7.72. The molecule has 0 bridgehead atoms. The number of nitrogens with one attached hydrogen (secondary N) is 1. The van der Waals surface area contributed by atoms with Crippen LogP contribution in [0.15, 0.2) is 60.7 Å². The molecule has 0 spiro atoms. The lowest BCUT2D eigenvalue weighted by Gasteiger charge is -2.09. The molecule has 0 unspecified atom stereocenters. The number of amides is 1. The highest BCUT2D eigenvalue weighted by molar-refractivity contribution is 5.91. The Morgan fingerprint density at radius 2 is 1.73 bits per heavy atom. The molecule has 3 aromatic rings. The van der Waals surface area contributed by atoms with Crippen LogP contribution < -0.4 is 5.32 Å². The Labute approximate surface area is 180 Å². The number of hydrogen-bond acceptors (Lipinski definition) is 2. The standard InChI is InChI=1S/C26H33N3O/c1-2-3-4-5-11-21-29-24-16-10-9-15-23(24)28-25(29)17-12-20-27-26(30)19-18-22-13-7-6-8-14-22/h6-10,13-16,18-19H,2-5,11-12,17,20-21H2,1H3,(H,27,30)/b19-18+. The topological polar surface area (TPSA) is 46.9 Å². The number of rotatable bonds is 12. The van der Waals surface area contributed by atoms with Gasteiger partial charge in [-0.2, -0.15) is 0 Å². The second kappa shape index (κ2) is 12.0. The van der Waals surface area contributed by atoms with Crippen LogP contribution in [0, 0.1) is 0 Å². The quantitative estimate of drug-likeness (QED) is 0.308. The lowest BCUT2D eigenvalue weighted by Crippen LogP contribution is -2.22. The maximum Gasteiger partial charge on any atom is 0.243 e. The number of nitrogens with zero attached hydrogens (tertiary/aromatic N) is 2. The number of para-hydroxylation sites is 2. The van der Waals surface area contributed by atoms with Crippen molar-refractivity contribution in [2.45, 2.75) is 58.4 Å². The first-order chi connectivity index (χ1) is 14.8. The molecule has 1 aromatic heterocycles. The van der Waals surface area contributed by atoms with Crippen LogP contribution in [0.5, 0.6) is 0 Å². The van der Waals surface area contributed by atoms with Gasteiger partial charge in [0.15, 0.2) is 0 Å². The normalized spacial score (nSPS) is 11.4. The van der Waals surface area contributed by atoms with Gasteiger partial charge in [-0.3, -0.25) is 4.79 Å². The molecule has 30 heavy (non-hydrogen) atoms. The van der Waals surface area contributed by atoms with E-state index in [0.717, 1.165) is 36.3 Å². The SMILES string of the molecule is CCCCCCCn1c(CCCNC(=O)/C=C/c2ccccc2)nc2ccccc21. The number of aromatic nitrogens is 2. The molecule has 0 saturated carbocycles. The van der Waals surface area contributed by atoms with Crippen molar-refractivity contribution in [3.63, 3.8) is 0 Å². The van der Waals surface area contributed by atoms with Crippen molar-refractivity contribution in [2.75, 3.05) is 6.54 Å². The summed E-state index contributed by atoms with van der Waals surface area (Å²) in [6, 6.07) is 18.2. The van der Waals surface area contributed by atoms with Crippen molar-refractivity contribution < 1.29 is 4.79 Å². The van der Waals surface area contributed by atoms with E-state index in [4.69, 9.17) is 4.98 Å². The van der Waals surface area contributed by atoms with E-state index in [2.05, 4.69) is 35.0 Å². The number of benzene rings is 2. The lowest BCUT2D eigenvalue weighted by atomic mass is 10.1. The van der Waals surface area contributed by atoms with Crippen molar-refractivity contribution in [1.82, 2.24) is 14.9 Å². The van der Waals surface area contributed by atoms with Crippen LogP contribution in [0.2, 0.25) is 0 Å². The molecule has 158 valence electrons. The summed E-state index contributed by atoms with van der Waals surface area (Å²) < 4.78 is 2.37. The molecule has 0 fully saturated rings. The minimum Gasteiger partial charge on any atom is -0.353 e. The predicted molar refractivity (Wildman–Crippen MR) is 125 cm³/mol. The van der Waals surface area contributed by atoms with E-state index in [1.165, 1.54) is 37.6 Å². The number of imidazole rings is 1. The van der Waals surface area contributed by atoms with E-state index in [-0.39, 0.29) is 5.91 Å². The average molecular weight is 404 g/mol. The largest absolute Gasteiger partial charge is 0.353 e. The summed E-state index contributed by atoms with van der Waals surface area (Å²) in [7, 11) is 0. The van der Waals surface area contributed by atoms with Crippen LogP contribution in [0.3, 0.4) is 0 Å². The van der Waals surface area contributed by atoms with Crippen LogP contribution in [0.4, 0.5) is 0 Å². The molecule has 1 heterocycles. The Balaban J connectivity index is 1.50. The summed E-state index contributed by atoms with van der Waals surface area (Å²) >= 11 is 0. The lowest BCUT2D eigenvalue weighted by molar-refractivity contribution is -0.116. The van der Waals surface area contributed by atoms with Crippen molar-refractivity contribution in [3.8, 4) is 0 Å². The Hall–Kier alpha value is -2.88. The molecule has 0 aliphatic carbocycles. The Kier molecular flexibility index (Phi) is 8.70. The molecule has 2 aromatic carbocycles. The summed E-state index contributed by atoms with van der Waals surface area (Å²) in [6.07, 6.45) is 11.5. The van der Waals surface area contributed by atoms with Gasteiger partial charge in [0.2, 0.25) is 5.91 Å². The van der Waals surface area contributed by atoms with Crippen molar-refractivity contribution in [2.24, 2.45) is 0 Å². The molecule has 1 N–H and O–H groups in total. The van der Waals surface area contributed by atoms with Gasteiger partial charge in [0.05, 0.1) is 11.0 Å². The Morgan fingerprint density at radius 1 is 0.967 bits per heavy atom. The van der Waals surface area contributed by atoms with Crippen LogP contribution in [0.25, 0.3) is 17.1 Å². The molecular weight excluding hydrogens is 370 g/mol. The number of aryl methyl sites for hydroxylation is 2. The summed E-state index contributed by atoms with van der Waals surface area (Å²) in [4.78, 5) is 16.9. The minimum atomic E-state index is -0.0525. The van der Waals surface area contributed by atoms with Crippen molar-refractivity contribution >= 4 is 23.0 Å². The van der Waals surface area contributed by atoms with Crippen LogP contribution in [-0.4, -0.2) is 22.0 Å². The zero-order chi connectivity index (χ0) is 21.0. The monoisotopic (exact) mass is 403 g/mol. The van der Waals surface area contributed by atoms with Gasteiger partial charge < -0.3 is 9.88 Å². The molecule has 4 nitrogen and oxygen atoms in total. The molecule has 0 radical (unpaired) electrons. The van der Waals surface area contributed by atoms with Gasteiger partial charge in [0, 0.05) is 25.6 Å². The van der Waals surface area contributed by atoms with E-state index >= 15 is 0 Å². The third-order valence-electron chi connectivity index (χ3n) is 5.32. The third kappa shape index (κ3) is 6.58. The highest BCUT2D eigenvalue weighted by Gasteiger charge is 2.10. The Bertz CT molecular complexity index is 943. The van der Waals surface area contributed by atoms with E-state index < -0.39 is 0 Å². The molecule has 0 aliphatic rings. The summed E-state index contributed by atoms with van der Waals surface area (Å²) in [5, 5.41) is 2.98. The third-order valence-corrected chi connectivity index (χ3v) is 5.32. The fourth-order valence-electron chi connectivity index (χ4n) is 3.69. The van der Waals surface area contributed by atoms with Gasteiger partial charge >= 0.3 is 0 Å². The average Bonchev–Trinajstić information content (AvgIpc) is 3.13. The molecule has 1 amide bonds. The summed E-state index contributed by atoms with van der Waals surface area (Å²) in [5.41, 5.74) is 3.31. The molecule has 4 heteroatoms. The molecule has 0 aliphatic heterocycles. The highest BCUT2D eigenvalue weighted by Crippen LogP contribution is 2.18. The predicted octanol–water partition coefficient (Wildman–Crippen LogP) is 5.77. The van der Waals surface area contributed by atoms with Crippen LogP contribution in [-0.2, 0) is 17.8 Å². The van der Waals surface area contributed by atoms with Gasteiger partial charge in [0.25, 0.3) is 0 Å². The Morgan fingerprint density at radius 3 is 2.57 bits per heavy atom. The fourth-order valence-corrected chi connectivity index (χ4v) is 3.69. The van der Waals surface area contributed by atoms with E-state index in [1.54, 1.807) is 6.08 Å².